The van der Waals surface area contributed by atoms with Gasteiger partial charge in [0.15, 0.2) is 5.75 Å². The van der Waals surface area contributed by atoms with Crippen LogP contribution in [0.4, 0.5) is 5.69 Å². The van der Waals surface area contributed by atoms with E-state index in [2.05, 4.69) is 4.74 Å². The molecule has 0 spiro atoms. The van der Waals surface area contributed by atoms with Crippen LogP contribution in [0.3, 0.4) is 0 Å². The summed E-state index contributed by atoms with van der Waals surface area (Å²) in [5, 5.41) is 0. The van der Waals surface area contributed by atoms with E-state index in [9.17, 15) is 13.2 Å². The van der Waals surface area contributed by atoms with Gasteiger partial charge < -0.3 is 10.5 Å². The predicted molar refractivity (Wildman–Crippen MR) is 77.4 cm³/mol. The lowest BCUT2D eigenvalue weighted by molar-refractivity contribution is -0.140. The Bertz CT molecular complexity index is 557. The second-order valence-corrected chi connectivity index (χ2v) is 6.20. The number of hydrogen-bond donors (Lipinski definition) is 1. The normalized spacial score (nSPS) is 11.6. The van der Waals surface area contributed by atoms with Crippen molar-refractivity contribution in [2.24, 2.45) is 0 Å². The summed E-state index contributed by atoms with van der Waals surface area (Å²) >= 11 is 0. The third-order valence-electron chi connectivity index (χ3n) is 2.66. The standard InChI is InChI=1S/C13H20N2O4S/c1-3-15(9-11-6-5-7-12(14)8-11)20(17,18)10-13(16)19-4-2/h5-8H,3-4,9-10,14H2,1-2H3. The molecule has 0 aliphatic rings. The van der Waals surface area contributed by atoms with Crippen molar-refractivity contribution in [1.29, 1.82) is 0 Å². The van der Waals surface area contributed by atoms with Gasteiger partial charge in [-0.3, -0.25) is 4.79 Å². The second-order valence-electron chi connectivity index (χ2n) is 4.23. The molecule has 1 rings (SSSR count). The molecule has 7 heteroatoms. The zero-order valence-electron chi connectivity index (χ0n) is 11.7. The first-order chi connectivity index (χ1) is 9.39. The number of rotatable bonds is 7. The van der Waals surface area contributed by atoms with E-state index in [1.807, 2.05) is 0 Å². The molecule has 2 N–H and O–H groups in total. The Balaban J connectivity index is 2.81. The van der Waals surface area contributed by atoms with Gasteiger partial charge in [0, 0.05) is 18.8 Å². The van der Waals surface area contributed by atoms with Crippen LogP contribution in [0.1, 0.15) is 19.4 Å². The summed E-state index contributed by atoms with van der Waals surface area (Å²) in [7, 11) is -3.69. The van der Waals surface area contributed by atoms with Crippen LogP contribution in [-0.2, 0) is 26.1 Å². The van der Waals surface area contributed by atoms with Crippen molar-refractivity contribution in [2.45, 2.75) is 20.4 Å². The Morgan fingerprint density at radius 1 is 1.35 bits per heavy atom. The highest BCUT2D eigenvalue weighted by atomic mass is 32.2. The maximum atomic E-state index is 12.1. The van der Waals surface area contributed by atoms with Crippen LogP contribution in [-0.4, -0.2) is 37.6 Å². The summed E-state index contributed by atoms with van der Waals surface area (Å²) in [5.74, 6) is -1.38. The van der Waals surface area contributed by atoms with Crippen molar-refractivity contribution in [3.05, 3.63) is 29.8 Å². The number of anilines is 1. The molecule has 0 radical (unpaired) electrons. The lowest BCUT2D eigenvalue weighted by Crippen LogP contribution is -2.35. The number of nitrogen functional groups attached to an aromatic ring is 1. The molecule has 1 aromatic rings. The first-order valence-corrected chi connectivity index (χ1v) is 7.97. The monoisotopic (exact) mass is 300 g/mol. The van der Waals surface area contributed by atoms with E-state index in [0.29, 0.717) is 5.69 Å². The Morgan fingerprint density at radius 2 is 2.05 bits per heavy atom. The van der Waals surface area contributed by atoms with Gasteiger partial charge in [0.05, 0.1) is 6.61 Å². The Kier molecular flexibility index (Phi) is 5.97. The summed E-state index contributed by atoms with van der Waals surface area (Å²) in [6, 6.07) is 6.99. The fraction of sp³-hybridized carbons (Fsp3) is 0.462. The van der Waals surface area contributed by atoms with Gasteiger partial charge in [-0.25, -0.2) is 8.42 Å². The van der Waals surface area contributed by atoms with Gasteiger partial charge >= 0.3 is 5.97 Å². The lowest BCUT2D eigenvalue weighted by Gasteiger charge is -2.20. The van der Waals surface area contributed by atoms with Crippen LogP contribution < -0.4 is 5.73 Å². The van der Waals surface area contributed by atoms with Crippen LogP contribution in [0.2, 0.25) is 0 Å². The molecule has 0 amide bonds. The van der Waals surface area contributed by atoms with E-state index in [0.717, 1.165) is 5.56 Å². The maximum absolute atomic E-state index is 12.1. The molecule has 1 aromatic carbocycles. The van der Waals surface area contributed by atoms with Crippen molar-refractivity contribution >= 4 is 21.7 Å². The molecule has 0 saturated heterocycles. The van der Waals surface area contributed by atoms with Crippen LogP contribution in [0.25, 0.3) is 0 Å². The van der Waals surface area contributed by atoms with E-state index < -0.39 is 21.7 Å². The minimum absolute atomic E-state index is 0.162. The number of carbonyl (C=O) groups is 1. The van der Waals surface area contributed by atoms with Gasteiger partial charge in [0.1, 0.15) is 0 Å². The number of ether oxygens (including phenoxy) is 1. The maximum Gasteiger partial charge on any atom is 0.322 e. The molecule has 20 heavy (non-hydrogen) atoms. The molecule has 0 atom stereocenters. The Labute approximate surface area is 119 Å². The molecule has 0 fully saturated rings. The minimum atomic E-state index is -3.69. The van der Waals surface area contributed by atoms with Crippen LogP contribution in [0, 0.1) is 0 Å². The highest BCUT2D eigenvalue weighted by Gasteiger charge is 2.25. The van der Waals surface area contributed by atoms with Gasteiger partial charge in [-0.2, -0.15) is 4.31 Å². The Hall–Kier alpha value is -1.60. The lowest BCUT2D eigenvalue weighted by atomic mass is 10.2. The molecular weight excluding hydrogens is 280 g/mol. The number of nitrogens with two attached hydrogens (primary N) is 1. The summed E-state index contributed by atoms with van der Waals surface area (Å²) < 4.78 is 30.2. The first-order valence-electron chi connectivity index (χ1n) is 6.37. The van der Waals surface area contributed by atoms with Crippen molar-refractivity contribution in [3.63, 3.8) is 0 Å². The number of sulfonamides is 1. The molecule has 0 bridgehead atoms. The smallest absolute Gasteiger partial charge is 0.322 e. The quantitative estimate of drug-likeness (QED) is 0.599. The number of carbonyl (C=O) groups excluding carboxylic acids is 1. The predicted octanol–water partition coefficient (Wildman–Crippen LogP) is 0.984. The third-order valence-corrected chi connectivity index (χ3v) is 4.44. The van der Waals surface area contributed by atoms with Crippen molar-refractivity contribution < 1.29 is 17.9 Å². The third kappa shape index (κ3) is 4.82. The van der Waals surface area contributed by atoms with Gasteiger partial charge in [-0.15, -0.1) is 0 Å². The number of hydrogen-bond acceptors (Lipinski definition) is 5. The summed E-state index contributed by atoms with van der Waals surface area (Å²) in [6.45, 7) is 3.97. The number of esters is 1. The topological polar surface area (TPSA) is 89.7 Å². The summed E-state index contributed by atoms with van der Waals surface area (Å²) in [6.07, 6.45) is 0. The van der Waals surface area contributed by atoms with Crippen molar-refractivity contribution in [2.75, 3.05) is 24.6 Å². The van der Waals surface area contributed by atoms with Gasteiger partial charge in [-0.05, 0) is 24.6 Å². The molecule has 0 unspecified atom stereocenters. The molecule has 0 saturated carbocycles. The average molecular weight is 300 g/mol. The minimum Gasteiger partial charge on any atom is -0.465 e. The molecule has 0 aliphatic carbocycles. The van der Waals surface area contributed by atoms with Gasteiger partial charge in [-0.1, -0.05) is 19.1 Å². The SMILES string of the molecule is CCOC(=O)CS(=O)(=O)N(CC)Cc1cccc(N)c1. The molecule has 0 aliphatic heterocycles. The second kappa shape index (κ2) is 7.25. The van der Waals surface area contributed by atoms with E-state index >= 15 is 0 Å². The zero-order valence-corrected chi connectivity index (χ0v) is 12.5. The van der Waals surface area contributed by atoms with Crippen molar-refractivity contribution in [3.8, 4) is 0 Å². The number of nitrogens with zero attached hydrogens (tertiary/aromatic N) is 1. The fourth-order valence-electron chi connectivity index (χ4n) is 1.74. The molecule has 0 aromatic heterocycles. The van der Waals surface area contributed by atoms with E-state index in [4.69, 9.17) is 5.73 Å². The Morgan fingerprint density at radius 3 is 2.60 bits per heavy atom. The highest BCUT2D eigenvalue weighted by Crippen LogP contribution is 2.13. The highest BCUT2D eigenvalue weighted by molar-refractivity contribution is 7.89. The van der Waals surface area contributed by atoms with Crippen LogP contribution in [0.15, 0.2) is 24.3 Å². The van der Waals surface area contributed by atoms with Crippen molar-refractivity contribution in [1.82, 2.24) is 4.31 Å². The molecule has 0 heterocycles. The van der Waals surface area contributed by atoms with Crippen LogP contribution in [0.5, 0.6) is 0 Å². The number of benzene rings is 1. The zero-order chi connectivity index (χ0) is 15.2. The van der Waals surface area contributed by atoms with Gasteiger partial charge in [0.25, 0.3) is 0 Å². The largest absolute Gasteiger partial charge is 0.465 e. The van der Waals surface area contributed by atoms with Crippen LogP contribution >= 0.6 is 0 Å². The summed E-state index contributed by atoms with van der Waals surface area (Å²) in [4.78, 5) is 11.3. The molecular formula is C13H20N2O4S. The average Bonchev–Trinajstić information content (AvgIpc) is 2.35. The van der Waals surface area contributed by atoms with E-state index in [1.54, 1.807) is 38.1 Å². The van der Waals surface area contributed by atoms with E-state index in [-0.39, 0.29) is 19.7 Å². The first kappa shape index (κ1) is 16.5. The molecule has 112 valence electrons. The van der Waals surface area contributed by atoms with E-state index in [1.165, 1.54) is 4.31 Å². The summed E-state index contributed by atoms with van der Waals surface area (Å²) in [5.41, 5.74) is 7.01. The molecule has 6 nitrogen and oxygen atoms in total. The van der Waals surface area contributed by atoms with Gasteiger partial charge in [0.2, 0.25) is 10.0 Å². The fourth-order valence-corrected chi connectivity index (χ4v) is 3.05.